The van der Waals surface area contributed by atoms with Crippen LogP contribution in [0, 0.1) is 0 Å². The van der Waals surface area contributed by atoms with Crippen LogP contribution in [0.4, 0.5) is 0 Å². The van der Waals surface area contributed by atoms with Gasteiger partial charge in [0.2, 0.25) is 5.91 Å². The van der Waals surface area contributed by atoms with Crippen LogP contribution >= 0.6 is 0 Å². The molecule has 0 radical (unpaired) electrons. The molecule has 8 heteroatoms. The van der Waals surface area contributed by atoms with E-state index in [1.54, 1.807) is 4.90 Å². The molecule has 140 valence electrons. The summed E-state index contributed by atoms with van der Waals surface area (Å²) in [6.45, 7) is 2.78. The van der Waals surface area contributed by atoms with Crippen molar-refractivity contribution in [2.24, 2.45) is 7.05 Å². The van der Waals surface area contributed by atoms with E-state index < -0.39 is 9.84 Å². The number of amides is 1. The Hall–Kier alpha value is -1.41. The molecule has 1 fully saturated rings. The quantitative estimate of drug-likeness (QED) is 0.767. The normalized spacial score (nSPS) is 25.1. The van der Waals surface area contributed by atoms with Gasteiger partial charge in [-0.1, -0.05) is 0 Å². The van der Waals surface area contributed by atoms with Crippen molar-refractivity contribution in [2.75, 3.05) is 31.6 Å². The second-order valence-corrected chi connectivity index (χ2v) is 9.46. The van der Waals surface area contributed by atoms with Gasteiger partial charge in [-0.2, -0.15) is 5.10 Å². The fourth-order valence-corrected chi connectivity index (χ4v) is 5.94. The lowest BCUT2D eigenvalue weighted by molar-refractivity contribution is -0.134. The van der Waals surface area contributed by atoms with Crippen LogP contribution in [0.5, 0.6) is 0 Å². The van der Waals surface area contributed by atoms with E-state index in [0.29, 0.717) is 19.5 Å². The van der Waals surface area contributed by atoms with Crippen LogP contribution in [-0.2, 0) is 28.1 Å². The van der Waals surface area contributed by atoms with Crippen molar-refractivity contribution in [1.82, 2.24) is 19.6 Å². The topological polar surface area (TPSA) is 75.5 Å². The van der Waals surface area contributed by atoms with Gasteiger partial charge in [0.05, 0.1) is 24.2 Å². The lowest BCUT2D eigenvalue weighted by atomic mass is 9.92. The molecule has 1 aromatic heterocycles. The number of hydrogen-bond acceptors (Lipinski definition) is 5. The zero-order valence-corrected chi connectivity index (χ0v) is 16.1. The third-order valence-corrected chi connectivity index (χ3v) is 7.32. The van der Waals surface area contributed by atoms with Gasteiger partial charge in [0.1, 0.15) is 0 Å². The fourth-order valence-electron chi connectivity index (χ4n) is 4.21. The third kappa shape index (κ3) is 3.74. The highest BCUT2D eigenvalue weighted by Crippen LogP contribution is 2.33. The zero-order valence-electron chi connectivity index (χ0n) is 15.3. The summed E-state index contributed by atoms with van der Waals surface area (Å²) in [6.07, 6.45) is 5.62. The van der Waals surface area contributed by atoms with Crippen LogP contribution in [0.2, 0.25) is 0 Å². The highest BCUT2D eigenvalue weighted by atomic mass is 32.2. The van der Waals surface area contributed by atoms with Crippen molar-refractivity contribution in [3.8, 4) is 0 Å². The van der Waals surface area contributed by atoms with Gasteiger partial charge in [-0.05, 0) is 39.7 Å². The molecule has 1 saturated heterocycles. The van der Waals surface area contributed by atoms with Gasteiger partial charge in [0, 0.05) is 36.9 Å². The SMILES string of the molecule is CCN(C(=O)CN(C)[C@@H]1CCCc2c1cnn2C)[C@@H]1CCS(=O)(=O)C1. The summed E-state index contributed by atoms with van der Waals surface area (Å²) in [4.78, 5) is 16.6. The maximum atomic E-state index is 12.8. The van der Waals surface area contributed by atoms with Crippen molar-refractivity contribution in [3.05, 3.63) is 17.5 Å². The Bertz CT molecular complexity index is 743. The molecule has 7 nitrogen and oxygen atoms in total. The molecule has 1 amide bonds. The molecule has 2 aliphatic rings. The zero-order chi connectivity index (χ0) is 18.2. The average Bonchev–Trinajstić information content (AvgIpc) is 3.11. The molecule has 1 aliphatic heterocycles. The van der Waals surface area contributed by atoms with E-state index in [1.165, 1.54) is 11.3 Å². The molecule has 0 spiro atoms. The van der Waals surface area contributed by atoms with E-state index in [0.717, 1.165) is 19.3 Å². The molecule has 2 atom stereocenters. The van der Waals surface area contributed by atoms with Crippen molar-refractivity contribution >= 4 is 15.7 Å². The minimum absolute atomic E-state index is 0.0168. The smallest absolute Gasteiger partial charge is 0.237 e. The lowest BCUT2D eigenvalue weighted by Crippen LogP contribution is -2.46. The summed E-state index contributed by atoms with van der Waals surface area (Å²) < 4.78 is 25.4. The Balaban J connectivity index is 1.68. The number of nitrogens with zero attached hydrogens (tertiary/aromatic N) is 4. The molecule has 1 aliphatic carbocycles. The van der Waals surface area contributed by atoms with Crippen LogP contribution < -0.4 is 0 Å². The number of carbonyl (C=O) groups excluding carboxylic acids is 1. The first kappa shape index (κ1) is 18.4. The molecule has 0 bridgehead atoms. The summed E-state index contributed by atoms with van der Waals surface area (Å²) in [5.41, 5.74) is 2.47. The molecule has 2 heterocycles. The summed E-state index contributed by atoms with van der Waals surface area (Å²) in [6, 6.07) is 0.0311. The first-order valence-corrected chi connectivity index (χ1v) is 10.9. The molecule has 0 saturated carbocycles. The van der Waals surface area contributed by atoms with Crippen LogP contribution in [0.15, 0.2) is 6.20 Å². The number of sulfone groups is 1. The molecule has 25 heavy (non-hydrogen) atoms. The summed E-state index contributed by atoms with van der Waals surface area (Å²) in [5.74, 6) is 0.314. The summed E-state index contributed by atoms with van der Waals surface area (Å²) in [5, 5.41) is 4.37. The Labute approximate surface area is 149 Å². The Morgan fingerprint density at radius 2 is 2.16 bits per heavy atom. The molecular weight excluding hydrogens is 340 g/mol. The first-order chi connectivity index (χ1) is 11.8. The van der Waals surface area contributed by atoms with Crippen LogP contribution in [-0.4, -0.2) is 71.6 Å². The number of aromatic nitrogens is 2. The number of aryl methyl sites for hydroxylation is 1. The minimum Gasteiger partial charge on any atom is -0.338 e. The second-order valence-electron chi connectivity index (χ2n) is 7.23. The number of carbonyl (C=O) groups is 1. The maximum absolute atomic E-state index is 12.8. The number of likely N-dealkylation sites (N-methyl/N-ethyl adjacent to an activating group) is 2. The molecule has 3 rings (SSSR count). The summed E-state index contributed by atoms with van der Waals surface area (Å²) in [7, 11) is 0.951. The molecular formula is C17H28N4O3S. The third-order valence-electron chi connectivity index (χ3n) is 5.57. The predicted molar refractivity (Wildman–Crippen MR) is 96.0 cm³/mol. The van der Waals surface area contributed by atoms with E-state index in [4.69, 9.17) is 0 Å². The standard InChI is InChI=1S/C17H28N4O3S/c1-4-21(13-8-9-25(23,24)12-13)17(22)11-19(2)15-6-5-7-16-14(15)10-18-20(16)3/h10,13,15H,4-9,11-12H2,1-3H3/t13-,15-/m1/s1. The molecule has 0 unspecified atom stereocenters. The Morgan fingerprint density at radius 3 is 2.80 bits per heavy atom. The van der Waals surface area contributed by atoms with Crippen molar-refractivity contribution in [3.63, 3.8) is 0 Å². The molecule has 1 aromatic rings. The Kier molecular flexibility index (Phi) is 5.20. The predicted octanol–water partition coefficient (Wildman–Crippen LogP) is 0.765. The minimum atomic E-state index is -2.99. The highest BCUT2D eigenvalue weighted by molar-refractivity contribution is 7.91. The number of rotatable bonds is 5. The van der Waals surface area contributed by atoms with Crippen LogP contribution in [0.25, 0.3) is 0 Å². The van der Waals surface area contributed by atoms with Crippen molar-refractivity contribution in [2.45, 2.75) is 44.7 Å². The van der Waals surface area contributed by atoms with Crippen molar-refractivity contribution < 1.29 is 13.2 Å². The first-order valence-electron chi connectivity index (χ1n) is 9.03. The van der Waals surface area contributed by atoms with Crippen molar-refractivity contribution in [1.29, 1.82) is 0 Å². The van der Waals surface area contributed by atoms with E-state index in [9.17, 15) is 13.2 Å². The van der Waals surface area contributed by atoms with Crippen LogP contribution in [0.1, 0.15) is 43.5 Å². The van der Waals surface area contributed by atoms with Crippen LogP contribution in [0.3, 0.4) is 0 Å². The Morgan fingerprint density at radius 1 is 1.40 bits per heavy atom. The van der Waals surface area contributed by atoms with E-state index >= 15 is 0 Å². The van der Waals surface area contributed by atoms with Gasteiger partial charge >= 0.3 is 0 Å². The van der Waals surface area contributed by atoms with E-state index in [-0.39, 0.29) is 29.5 Å². The van der Waals surface area contributed by atoms with Gasteiger partial charge in [0.15, 0.2) is 9.84 Å². The van der Waals surface area contributed by atoms with E-state index in [1.807, 2.05) is 31.9 Å². The van der Waals surface area contributed by atoms with Gasteiger partial charge in [-0.3, -0.25) is 14.4 Å². The monoisotopic (exact) mass is 368 g/mol. The lowest BCUT2D eigenvalue weighted by Gasteiger charge is -2.34. The van der Waals surface area contributed by atoms with Gasteiger partial charge < -0.3 is 4.90 Å². The fraction of sp³-hybridized carbons (Fsp3) is 0.765. The summed E-state index contributed by atoms with van der Waals surface area (Å²) >= 11 is 0. The van der Waals surface area contributed by atoms with Gasteiger partial charge in [-0.15, -0.1) is 0 Å². The molecule has 0 N–H and O–H groups in total. The van der Waals surface area contributed by atoms with Gasteiger partial charge in [0.25, 0.3) is 0 Å². The number of fused-ring (bicyclic) bond motifs is 1. The van der Waals surface area contributed by atoms with Gasteiger partial charge in [-0.25, -0.2) is 8.42 Å². The van der Waals surface area contributed by atoms with E-state index in [2.05, 4.69) is 10.00 Å². The second kappa shape index (κ2) is 7.07. The number of hydrogen-bond donors (Lipinski definition) is 0. The largest absolute Gasteiger partial charge is 0.338 e. The maximum Gasteiger partial charge on any atom is 0.237 e. The molecule has 0 aromatic carbocycles. The highest BCUT2D eigenvalue weighted by Gasteiger charge is 2.35. The average molecular weight is 369 g/mol.